The Morgan fingerprint density at radius 1 is 1.55 bits per heavy atom. The molecule has 0 aliphatic heterocycles. The zero-order valence-corrected chi connectivity index (χ0v) is 11.9. The first-order valence-electron chi connectivity index (χ1n) is 6.61. The largest absolute Gasteiger partial charge is 0.328 e. The summed E-state index contributed by atoms with van der Waals surface area (Å²) in [6.07, 6.45) is 4.63. The maximum atomic E-state index is 12.0. The Balaban J connectivity index is 1.80. The van der Waals surface area contributed by atoms with Crippen molar-refractivity contribution in [2.75, 3.05) is 5.32 Å². The second-order valence-electron chi connectivity index (χ2n) is 5.10. The highest BCUT2D eigenvalue weighted by Crippen LogP contribution is 2.32. The van der Waals surface area contributed by atoms with Gasteiger partial charge >= 0.3 is 0 Å². The molecule has 0 bridgehead atoms. The summed E-state index contributed by atoms with van der Waals surface area (Å²) in [5.74, 6) is 0.259. The average molecular weight is 289 g/mol. The Hall–Kier alpha value is -1.95. The molecule has 2 heterocycles. The molecule has 0 saturated heterocycles. The summed E-state index contributed by atoms with van der Waals surface area (Å²) in [5, 5.41) is 3.30. The highest BCUT2D eigenvalue weighted by Gasteiger charge is 2.21. The lowest BCUT2D eigenvalue weighted by molar-refractivity contribution is 0.102. The van der Waals surface area contributed by atoms with E-state index in [4.69, 9.17) is 0 Å². The second kappa shape index (κ2) is 5.20. The molecule has 0 unspecified atom stereocenters. The van der Waals surface area contributed by atoms with Gasteiger partial charge in [0, 0.05) is 11.1 Å². The summed E-state index contributed by atoms with van der Waals surface area (Å²) >= 11 is 1.51. The smallest absolute Gasteiger partial charge is 0.263 e. The molecule has 0 fully saturated rings. The SMILES string of the molecule is C[C@H]1CCc2nc(NC(=O)c3ccc[nH]c3=O)sc2C1. The van der Waals surface area contributed by atoms with Gasteiger partial charge in [0.1, 0.15) is 5.56 Å². The van der Waals surface area contributed by atoms with E-state index < -0.39 is 5.91 Å². The molecule has 2 aromatic heterocycles. The van der Waals surface area contributed by atoms with Crippen molar-refractivity contribution < 1.29 is 4.79 Å². The van der Waals surface area contributed by atoms with Crippen LogP contribution in [0.25, 0.3) is 0 Å². The van der Waals surface area contributed by atoms with E-state index in [-0.39, 0.29) is 11.1 Å². The molecule has 0 radical (unpaired) electrons. The minimum absolute atomic E-state index is 0.106. The molecule has 0 spiro atoms. The van der Waals surface area contributed by atoms with E-state index in [0.717, 1.165) is 25.0 Å². The number of hydrogen-bond acceptors (Lipinski definition) is 4. The molecule has 2 N–H and O–H groups in total. The molecule has 1 atom stereocenters. The summed E-state index contributed by atoms with van der Waals surface area (Å²) in [4.78, 5) is 31.8. The lowest BCUT2D eigenvalue weighted by atomic mass is 9.93. The van der Waals surface area contributed by atoms with Gasteiger partial charge in [0.25, 0.3) is 11.5 Å². The zero-order valence-electron chi connectivity index (χ0n) is 11.1. The fourth-order valence-electron chi connectivity index (χ4n) is 2.36. The van der Waals surface area contributed by atoms with Crippen LogP contribution >= 0.6 is 11.3 Å². The molecule has 1 amide bonds. The number of amides is 1. The Kier molecular flexibility index (Phi) is 3.40. The first kappa shape index (κ1) is 13.1. The predicted molar refractivity (Wildman–Crippen MR) is 78.3 cm³/mol. The van der Waals surface area contributed by atoms with Crippen LogP contribution in [0.15, 0.2) is 23.1 Å². The van der Waals surface area contributed by atoms with Crippen molar-refractivity contribution in [3.05, 3.63) is 44.8 Å². The number of anilines is 1. The topological polar surface area (TPSA) is 74.8 Å². The highest BCUT2D eigenvalue weighted by molar-refractivity contribution is 7.15. The van der Waals surface area contributed by atoms with Crippen molar-refractivity contribution in [2.45, 2.75) is 26.2 Å². The number of pyridine rings is 1. The first-order chi connectivity index (χ1) is 9.63. The summed E-state index contributed by atoms with van der Waals surface area (Å²) in [6.45, 7) is 2.23. The fraction of sp³-hybridized carbons (Fsp3) is 0.357. The van der Waals surface area contributed by atoms with Gasteiger partial charge in [-0.05, 0) is 37.3 Å². The number of nitrogens with one attached hydrogen (secondary N) is 2. The Labute approximate surface area is 120 Å². The number of rotatable bonds is 2. The van der Waals surface area contributed by atoms with E-state index in [2.05, 4.69) is 22.2 Å². The van der Waals surface area contributed by atoms with Crippen molar-refractivity contribution in [3.63, 3.8) is 0 Å². The van der Waals surface area contributed by atoms with Gasteiger partial charge in [-0.1, -0.05) is 6.92 Å². The molecule has 20 heavy (non-hydrogen) atoms. The highest BCUT2D eigenvalue weighted by atomic mass is 32.1. The average Bonchev–Trinajstić information content (AvgIpc) is 2.80. The maximum absolute atomic E-state index is 12.0. The Bertz CT molecular complexity index is 704. The van der Waals surface area contributed by atoms with Gasteiger partial charge in [0.15, 0.2) is 5.13 Å². The van der Waals surface area contributed by atoms with E-state index in [1.165, 1.54) is 28.5 Å². The first-order valence-corrected chi connectivity index (χ1v) is 7.43. The molecule has 0 saturated carbocycles. The molecule has 5 nitrogen and oxygen atoms in total. The number of aryl methyl sites for hydroxylation is 1. The van der Waals surface area contributed by atoms with Crippen LogP contribution in [0.3, 0.4) is 0 Å². The summed E-state index contributed by atoms with van der Waals surface area (Å²) in [6, 6.07) is 3.13. The number of nitrogens with zero attached hydrogens (tertiary/aromatic N) is 1. The van der Waals surface area contributed by atoms with Crippen LogP contribution in [0.1, 0.15) is 34.3 Å². The van der Waals surface area contributed by atoms with Crippen molar-refractivity contribution in [2.24, 2.45) is 5.92 Å². The van der Waals surface area contributed by atoms with Gasteiger partial charge in [-0.15, -0.1) is 11.3 Å². The molecular formula is C14H15N3O2S. The van der Waals surface area contributed by atoms with Crippen LogP contribution in [0, 0.1) is 5.92 Å². The van der Waals surface area contributed by atoms with Crippen LogP contribution in [0.2, 0.25) is 0 Å². The van der Waals surface area contributed by atoms with Crippen molar-refractivity contribution in [3.8, 4) is 0 Å². The lowest BCUT2D eigenvalue weighted by Gasteiger charge is -2.15. The second-order valence-corrected chi connectivity index (χ2v) is 6.19. The van der Waals surface area contributed by atoms with Gasteiger partial charge < -0.3 is 4.98 Å². The van der Waals surface area contributed by atoms with Crippen LogP contribution in [0.4, 0.5) is 5.13 Å². The van der Waals surface area contributed by atoms with Crippen molar-refractivity contribution in [1.82, 2.24) is 9.97 Å². The number of hydrogen-bond donors (Lipinski definition) is 2. The van der Waals surface area contributed by atoms with Crippen LogP contribution in [-0.2, 0) is 12.8 Å². The minimum Gasteiger partial charge on any atom is -0.328 e. The number of carbonyl (C=O) groups is 1. The Morgan fingerprint density at radius 2 is 2.40 bits per heavy atom. The van der Waals surface area contributed by atoms with Gasteiger partial charge in [-0.2, -0.15) is 0 Å². The third-order valence-electron chi connectivity index (χ3n) is 3.47. The molecule has 1 aliphatic rings. The van der Waals surface area contributed by atoms with E-state index in [9.17, 15) is 9.59 Å². The van der Waals surface area contributed by atoms with E-state index in [1.54, 1.807) is 6.07 Å². The molecule has 0 aromatic carbocycles. The number of aromatic amines is 1. The molecule has 6 heteroatoms. The Morgan fingerprint density at radius 3 is 3.20 bits per heavy atom. The third kappa shape index (κ3) is 2.51. The quantitative estimate of drug-likeness (QED) is 0.890. The monoisotopic (exact) mass is 289 g/mol. The number of thiazole rings is 1. The zero-order chi connectivity index (χ0) is 14.1. The van der Waals surface area contributed by atoms with Crippen LogP contribution in [-0.4, -0.2) is 15.9 Å². The molecule has 1 aliphatic carbocycles. The number of carbonyl (C=O) groups excluding carboxylic acids is 1. The van der Waals surface area contributed by atoms with E-state index in [1.807, 2.05) is 0 Å². The summed E-state index contributed by atoms with van der Waals surface area (Å²) in [5.41, 5.74) is 0.805. The van der Waals surface area contributed by atoms with E-state index in [0.29, 0.717) is 11.0 Å². The van der Waals surface area contributed by atoms with E-state index >= 15 is 0 Å². The van der Waals surface area contributed by atoms with Gasteiger partial charge in [-0.3, -0.25) is 14.9 Å². The standard InChI is InChI=1S/C14H15N3O2S/c1-8-4-5-10-11(7-8)20-14(16-10)17-13(19)9-3-2-6-15-12(9)18/h2-3,6,8H,4-5,7H2,1H3,(H,15,18)(H,16,17,19)/t8-/m0/s1. The molecule has 3 rings (SSSR count). The number of H-pyrrole nitrogens is 1. The maximum Gasteiger partial charge on any atom is 0.263 e. The number of fused-ring (bicyclic) bond motifs is 1. The minimum atomic E-state index is -0.411. The third-order valence-corrected chi connectivity index (χ3v) is 4.50. The van der Waals surface area contributed by atoms with Gasteiger partial charge in [0.2, 0.25) is 0 Å². The van der Waals surface area contributed by atoms with Crippen LogP contribution in [0.5, 0.6) is 0 Å². The molecule has 104 valence electrons. The van der Waals surface area contributed by atoms with Gasteiger partial charge in [0.05, 0.1) is 5.69 Å². The fourth-order valence-corrected chi connectivity index (χ4v) is 3.52. The molecular weight excluding hydrogens is 274 g/mol. The van der Waals surface area contributed by atoms with Gasteiger partial charge in [-0.25, -0.2) is 4.98 Å². The van der Waals surface area contributed by atoms with Crippen LogP contribution < -0.4 is 10.9 Å². The lowest BCUT2D eigenvalue weighted by Crippen LogP contribution is -2.22. The predicted octanol–water partition coefficient (Wildman–Crippen LogP) is 2.21. The van der Waals surface area contributed by atoms with Crippen molar-refractivity contribution >= 4 is 22.4 Å². The number of aromatic nitrogens is 2. The summed E-state index contributed by atoms with van der Waals surface area (Å²) in [7, 11) is 0. The normalized spacial score (nSPS) is 17.6. The summed E-state index contributed by atoms with van der Waals surface area (Å²) < 4.78 is 0. The molecule has 2 aromatic rings. The van der Waals surface area contributed by atoms with Crippen molar-refractivity contribution in [1.29, 1.82) is 0 Å².